The molecule has 3 nitrogen and oxygen atoms in total. The number of hydrogen-bond acceptors (Lipinski definition) is 2. The molecule has 2 aliphatic carbocycles. The summed E-state index contributed by atoms with van der Waals surface area (Å²) >= 11 is 0. The van der Waals surface area contributed by atoms with Gasteiger partial charge in [0, 0.05) is 6.04 Å². The van der Waals surface area contributed by atoms with Crippen LogP contribution >= 0.6 is 0 Å². The fourth-order valence-corrected chi connectivity index (χ4v) is 2.96. The molecule has 0 aromatic rings. The summed E-state index contributed by atoms with van der Waals surface area (Å²) in [6.07, 6.45) is 6.21. The largest absolute Gasteiger partial charge is 0.450 e. The van der Waals surface area contributed by atoms with Gasteiger partial charge in [-0.2, -0.15) is 0 Å². The predicted molar refractivity (Wildman–Crippen MR) is 54.0 cm³/mol. The summed E-state index contributed by atoms with van der Waals surface area (Å²) in [6, 6.07) is 0.375. The number of rotatable bonds is 2. The van der Waals surface area contributed by atoms with Crippen molar-refractivity contribution in [1.29, 1.82) is 0 Å². The van der Waals surface area contributed by atoms with Gasteiger partial charge in [0.15, 0.2) is 0 Å². The van der Waals surface area contributed by atoms with Gasteiger partial charge in [-0.25, -0.2) is 4.79 Å². The van der Waals surface area contributed by atoms with E-state index in [1.54, 1.807) is 0 Å². The van der Waals surface area contributed by atoms with Gasteiger partial charge in [-0.3, -0.25) is 0 Å². The van der Waals surface area contributed by atoms with Crippen molar-refractivity contribution in [3.05, 3.63) is 0 Å². The van der Waals surface area contributed by atoms with E-state index >= 15 is 0 Å². The van der Waals surface area contributed by atoms with Gasteiger partial charge < -0.3 is 10.1 Å². The van der Waals surface area contributed by atoms with Gasteiger partial charge in [0.2, 0.25) is 0 Å². The van der Waals surface area contributed by atoms with Crippen LogP contribution in [0.2, 0.25) is 0 Å². The Morgan fingerprint density at radius 3 is 2.50 bits per heavy atom. The van der Waals surface area contributed by atoms with Crippen molar-refractivity contribution in [2.45, 2.75) is 45.1 Å². The van der Waals surface area contributed by atoms with Crippen LogP contribution in [0.4, 0.5) is 4.79 Å². The molecule has 2 fully saturated rings. The number of carbonyl (C=O) groups excluding carboxylic acids is 1. The Kier molecular flexibility index (Phi) is 2.94. The number of fused-ring (bicyclic) bond motifs is 2. The normalized spacial score (nSPS) is 35.4. The van der Waals surface area contributed by atoms with Crippen molar-refractivity contribution in [3.8, 4) is 0 Å². The highest BCUT2D eigenvalue weighted by molar-refractivity contribution is 5.67. The van der Waals surface area contributed by atoms with Crippen molar-refractivity contribution in [2.24, 2.45) is 11.8 Å². The molecule has 2 saturated carbocycles. The maximum absolute atomic E-state index is 11.2. The lowest BCUT2D eigenvalue weighted by molar-refractivity contribution is 0.141. The highest BCUT2D eigenvalue weighted by Gasteiger charge is 2.34. The molecule has 1 N–H and O–H groups in total. The Morgan fingerprint density at radius 1 is 1.29 bits per heavy atom. The summed E-state index contributed by atoms with van der Waals surface area (Å²) in [5.41, 5.74) is 0. The molecule has 2 atom stereocenters. The Morgan fingerprint density at radius 2 is 1.93 bits per heavy atom. The molecule has 2 bridgehead atoms. The average Bonchev–Trinajstić information content (AvgIpc) is 2.46. The fourth-order valence-electron chi connectivity index (χ4n) is 2.96. The maximum Gasteiger partial charge on any atom is 0.407 e. The van der Waals surface area contributed by atoms with Crippen molar-refractivity contribution in [2.75, 3.05) is 6.61 Å². The van der Waals surface area contributed by atoms with E-state index in [0.717, 1.165) is 24.7 Å². The zero-order valence-corrected chi connectivity index (χ0v) is 8.79. The summed E-state index contributed by atoms with van der Waals surface area (Å²) in [6.45, 7) is 2.30. The average molecular weight is 197 g/mol. The van der Waals surface area contributed by atoms with E-state index in [9.17, 15) is 4.79 Å². The molecule has 2 unspecified atom stereocenters. The molecule has 2 aliphatic rings. The van der Waals surface area contributed by atoms with Crippen LogP contribution in [0.1, 0.15) is 39.0 Å². The smallest absolute Gasteiger partial charge is 0.407 e. The molecule has 3 heteroatoms. The van der Waals surface area contributed by atoms with Crippen LogP contribution in [0, 0.1) is 11.8 Å². The van der Waals surface area contributed by atoms with Crippen LogP contribution in [0.15, 0.2) is 0 Å². The minimum absolute atomic E-state index is 0.237. The fraction of sp³-hybridized carbons (Fsp3) is 0.909. The molecular formula is C11H19NO2. The Hall–Kier alpha value is -0.730. The molecule has 0 saturated heterocycles. The Bertz CT molecular complexity index is 205. The highest BCUT2D eigenvalue weighted by atomic mass is 16.5. The van der Waals surface area contributed by atoms with E-state index in [0.29, 0.717) is 12.6 Å². The second-order valence-corrected chi connectivity index (χ2v) is 4.58. The first-order chi connectivity index (χ1) is 6.78. The van der Waals surface area contributed by atoms with Gasteiger partial charge in [-0.15, -0.1) is 0 Å². The van der Waals surface area contributed by atoms with Crippen LogP contribution in [0.5, 0.6) is 0 Å². The SMILES string of the molecule is CCOC(=O)NC1CC2CCC(C2)C1. The predicted octanol–water partition coefficient (Wildman–Crippen LogP) is 2.31. The van der Waals surface area contributed by atoms with Crippen LogP contribution in [-0.2, 0) is 4.74 Å². The topological polar surface area (TPSA) is 38.3 Å². The number of nitrogens with one attached hydrogen (secondary N) is 1. The van der Waals surface area contributed by atoms with Gasteiger partial charge in [0.25, 0.3) is 0 Å². The number of carbonyl (C=O) groups is 1. The first kappa shape index (κ1) is 9.81. The second kappa shape index (κ2) is 4.20. The van der Waals surface area contributed by atoms with Gasteiger partial charge >= 0.3 is 6.09 Å². The molecular weight excluding hydrogens is 178 g/mol. The summed E-state index contributed by atoms with van der Waals surface area (Å²) in [5, 5.41) is 2.96. The van der Waals surface area contributed by atoms with Crippen molar-refractivity contribution >= 4 is 6.09 Å². The highest BCUT2D eigenvalue weighted by Crippen LogP contribution is 2.41. The van der Waals surface area contributed by atoms with E-state index in [1.807, 2.05) is 6.92 Å². The molecule has 0 aromatic heterocycles. The Labute approximate surface area is 85.2 Å². The molecule has 0 aliphatic heterocycles. The summed E-state index contributed by atoms with van der Waals surface area (Å²) in [5.74, 6) is 1.72. The first-order valence-electron chi connectivity index (χ1n) is 5.71. The zero-order valence-electron chi connectivity index (χ0n) is 8.79. The molecule has 1 amide bonds. The molecule has 80 valence electrons. The quantitative estimate of drug-likeness (QED) is 0.737. The molecule has 0 heterocycles. The summed E-state index contributed by atoms with van der Waals surface area (Å²) in [4.78, 5) is 11.2. The number of hydrogen-bond donors (Lipinski definition) is 1. The summed E-state index contributed by atoms with van der Waals surface area (Å²) in [7, 11) is 0. The van der Waals surface area contributed by atoms with Gasteiger partial charge in [0.05, 0.1) is 6.61 Å². The third kappa shape index (κ3) is 2.20. The first-order valence-corrected chi connectivity index (χ1v) is 5.71. The molecule has 14 heavy (non-hydrogen) atoms. The van der Waals surface area contributed by atoms with Gasteiger partial charge in [-0.1, -0.05) is 12.8 Å². The van der Waals surface area contributed by atoms with Gasteiger partial charge in [-0.05, 0) is 38.0 Å². The molecule has 0 radical (unpaired) electrons. The maximum atomic E-state index is 11.2. The number of alkyl carbamates (subject to hydrolysis) is 1. The number of ether oxygens (including phenoxy) is 1. The van der Waals surface area contributed by atoms with Crippen molar-refractivity contribution in [1.82, 2.24) is 5.32 Å². The van der Waals surface area contributed by atoms with Crippen LogP contribution < -0.4 is 5.32 Å². The van der Waals surface area contributed by atoms with Crippen LogP contribution in [0.25, 0.3) is 0 Å². The lowest BCUT2D eigenvalue weighted by Gasteiger charge is -2.27. The molecule has 0 spiro atoms. The number of amides is 1. The standard InChI is InChI=1S/C11H19NO2/c1-2-14-11(13)12-10-6-8-3-4-9(5-8)7-10/h8-10H,2-7H2,1H3,(H,12,13). The van der Waals surface area contributed by atoms with Crippen molar-refractivity contribution in [3.63, 3.8) is 0 Å². The van der Waals surface area contributed by atoms with E-state index in [2.05, 4.69) is 5.32 Å². The lowest BCUT2D eigenvalue weighted by Crippen LogP contribution is -2.39. The van der Waals surface area contributed by atoms with Crippen LogP contribution in [0.3, 0.4) is 0 Å². The third-order valence-electron chi connectivity index (χ3n) is 3.48. The lowest BCUT2D eigenvalue weighted by atomic mass is 9.85. The minimum Gasteiger partial charge on any atom is -0.450 e. The van der Waals surface area contributed by atoms with E-state index < -0.39 is 0 Å². The van der Waals surface area contributed by atoms with Crippen molar-refractivity contribution < 1.29 is 9.53 Å². The molecule has 2 rings (SSSR count). The Balaban J connectivity index is 1.79. The van der Waals surface area contributed by atoms with E-state index in [1.165, 1.54) is 19.3 Å². The monoisotopic (exact) mass is 197 g/mol. The minimum atomic E-state index is -0.237. The van der Waals surface area contributed by atoms with E-state index in [-0.39, 0.29) is 6.09 Å². The third-order valence-corrected chi connectivity index (χ3v) is 3.48. The molecule has 0 aromatic carbocycles. The second-order valence-electron chi connectivity index (χ2n) is 4.58. The zero-order chi connectivity index (χ0) is 9.97. The summed E-state index contributed by atoms with van der Waals surface area (Å²) < 4.78 is 4.89. The van der Waals surface area contributed by atoms with Crippen LogP contribution in [-0.4, -0.2) is 18.7 Å². The van der Waals surface area contributed by atoms with Gasteiger partial charge in [0.1, 0.15) is 0 Å². The van der Waals surface area contributed by atoms with E-state index in [4.69, 9.17) is 4.74 Å².